The van der Waals surface area contributed by atoms with Gasteiger partial charge in [-0.3, -0.25) is 4.79 Å². The Morgan fingerprint density at radius 2 is 1.53 bits per heavy atom. The summed E-state index contributed by atoms with van der Waals surface area (Å²) in [5, 5.41) is 6.86. The number of thiophene rings is 1. The van der Waals surface area contributed by atoms with Crippen molar-refractivity contribution in [2.75, 3.05) is 4.90 Å². The molecule has 0 spiro atoms. The predicted octanol–water partition coefficient (Wildman–Crippen LogP) is 6.85. The maximum atomic E-state index is 13.4. The van der Waals surface area contributed by atoms with Crippen molar-refractivity contribution < 1.29 is 4.79 Å². The topological polar surface area (TPSA) is 38.1 Å². The summed E-state index contributed by atoms with van der Waals surface area (Å²) in [6, 6.07) is 33.8. The molecule has 0 N–H and O–H groups in total. The molecule has 2 heterocycles. The van der Waals surface area contributed by atoms with E-state index in [1.54, 1.807) is 22.3 Å². The first-order chi connectivity index (χ1) is 16.8. The molecule has 0 aliphatic heterocycles. The number of aromatic nitrogens is 2. The van der Waals surface area contributed by atoms with Gasteiger partial charge in [-0.15, -0.1) is 11.3 Å². The van der Waals surface area contributed by atoms with Gasteiger partial charge >= 0.3 is 0 Å². The van der Waals surface area contributed by atoms with Crippen molar-refractivity contribution in [3.8, 4) is 16.3 Å². The van der Waals surface area contributed by atoms with Gasteiger partial charge in [-0.25, -0.2) is 4.68 Å². The molecule has 1 amide bonds. The molecule has 3 aromatic carbocycles. The third kappa shape index (κ3) is 4.90. The fraction of sp³-hybridized carbons (Fsp3) is 0.0345. The maximum Gasteiger partial charge on any atom is 0.251 e. The number of amides is 1. The highest BCUT2D eigenvalue weighted by atomic mass is 32.1. The van der Waals surface area contributed by atoms with Crippen molar-refractivity contribution >= 4 is 29.0 Å². The van der Waals surface area contributed by atoms with Crippen molar-refractivity contribution in [1.82, 2.24) is 9.78 Å². The fourth-order valence-corrected chi connectivity index (χ4v) is 4.48. The number of hydrogen-bond acceptors (Lipinski definition) is 3. The largest absolute Gasteiger partial charge is 0.304 e. The molecule has 0 radical (unpaired) electrons. The Bertz CT molecular complexity index is 1380. The Labute approximate surface area is 203 Å². The first-order valence-corrected chi connectivity index (χ1v) is 11.9. The van der Waals surface area contributed by atoms with Gasteiger partial charge < -0.3 is 4.90 Å². The lowest BCUT2D eigenvalue weighted by atomic mass is 10.1. The molecule has 0 saturated heterocycles. The molecule has 166 valence electrons. The molecular formula is C29H23N3OS. The average molecular weight is 462 g/mol. The van der Waals surface area contributed by atoms with Crippen LogP contribution in [0.4, 0.5) is 5.69 Å². The number of para-hydroxylation sites is 2. The third-order valence-electron chi connectivity index (χ3n) is 5.44. The molecule has 5 heteroatoms. The summed E-state index contributed by atoms with van der Waals surface area (Å²) in [7, 11) is 0. The zero-order chi connectivity index (χ0) is 23.2. The lowest BCUT2D eigenvalue weighted by Crippen LogP contribution is -2.28. The van der Waals surface area contributed by atoms with Crippen molar-refractivity contribution in [2.45, 2.75) is 6.54 Å². The highest BCUT2D eigenvalue weighted by molar-refractivity contribution is 7.13. The van der Waals surface area contributed by atoms with Crippen LogP contribution in [0.15, 0.2) is 121 Å². The highest BCUT2D eigenvalue weighted by Crippen LogP contribution is 2.29. The van der Waals surface area contributed by atoms with Crippen molar-refractivity contribution in [3.63, 3.8) is 0 Å². The molecule has 0 aliphatic rings. The van der Waals surface area contributed by atoms with Crippen LogP contribution in [0.1, 0.15) is 11.1 Å². The van der Waals surface area contributed by atoms with Crippen molar-refractivity contribution in [3.05, 3.63) is 132 Å². The molecule has 0 unspecified atom stereocenters. The van der Waals surface area contributed by atoms with Crippen LogP contribution in [-0.2, 0) is 11.3 Å². The fourth-order valence-electron chi connectivity index (χ4n) is 3.75. The van der Waals surface area contributed by atoms with Gasteiger partial charge in [-0.2, -0.15) is 5.10 Å². The van der Waals surface area contributed by atoms with Crippen LogP contribution in [0.3, 0.4) is 0 Å². The Morgan fingerprint density at radius 1 is 0.853 bits per heavy atom. The Balaban J connectivity index is 1.48. The maximum absolute atomic E-state index is 13.4. The monoisotopic (exact) mass is 461 g/mol. The molecular weight excluding hydrogens is 438 g/mol. The third-order valence-corrected chi connectivity index (χ3v) is 6.32. The number of carbonyl (C=O) groups excluding carboxylic acids is 1. The van der Waals surface area contributed by atoms with Crippen LogP contribution in [0.2, 0.25) is 0 Å². The smallest absolute Gasteiger partial charge is 0.251 e. The molecule has 0 bridgehead atoms. The van der Waals surface area contributed by atoms with Crippen molar-refractivity contribution in [2.24, 2.45) is 0 Å². The number of hydrogen-bond donors (Lipinski definition) is 0. The average Bonchev–Trinajstić information content (AvgIpc) is 3.58. The van der Waals surface area contributed by atoms with Gasteiger partial charge in [0.15, 0.2) is 0 Å². The highest BCUT2D eigenvalue weighted by Gasteiger charge is 2.16. The van der Waals surface area contributed by atoms with Crippen LogP contribution in [0, 0.1) is 0 Å². The van der Waals surface area contributed by atoms with Crippen LogP contribution in [-0.4, -0.2) is 15.7 Å². The molecule has 0 saturated carbocycles. The normalized spacial score (nSPS) is 11.1. The van der Waals surface area contributed by atoms with Gasteiger partial charge in [0.1, 0.15) is 5.69 Å². The second kappa shape index (κ2) is 10.1. The molecule has 2 aromatic heterocycles. The second-order valence-electron chi connectivity index (χ2n) is 7.77. The van der Waals surface area contributed by atoms with E-state index in [-0.39, 0.29) is 5.91 Å². The van der Waals surface area contributed by atoms with E-state index in [0.29, 0.717) is 6.54 Å². The number of benzene rings is 3. The minimum Gasteiger partial charge on any atom is -0.304 e. The summed E-state index contributed by atoms with van der Waals surface area (Å²) in [5.74, 6) is -0.0837. The summed E-state index contributed by atoms with van der Waals surface area (Å²) >= 11 is 1.63. The summed E-state index contributed by atoms with van der Waals surface area (Å²) in [4.78, 5) is 16.3. The van der Waals surface area contributed by atoms with Crippen LogP contribution in [0.5, 0.6) is 0 Å². The Kier molecular flexibility index (Phi) is 6.45. The van der Waals surface area contributed by atoms with Gasteiger partial charge in [0.2, 0.25) is 0 Å². The lowest BCUT2D eigenvalue weighted by Gasteiger charge is -2.21. The first kappa shape index (κ1) is 21.6. The van der Waals surface area contributed by atoms with E-state index in [2.05, 4.69) is 0 Å². The molecule has 4 nitrogen and oxygen atoms in total. The Morgan fingerprint density at radius 3 is 2.21 bits per heavy atom. The molecule has 34 heavy (non-hydrogen) atoms. The summed E-state index contributed by atoms with van der Waals surface area (Å²) < 4.78 is 1.86. The van der Waals surface area contributed by atoms with E-state index >= 15 is 0 Å². The first-order valence-electron chi connectivity index (χ1n) is 11.1. The van der Waals surface area contributed by atoms with E-state index in [9.17, 15) is 4.79 Å². The van der Waals surface area contributed by atoms with Crippen LogP contribution < -0.4 is 4.90 Å². The SMILES string of the molecule is O=C(C=Cc1cn(-c2ccccc2)nc1-c1cccs1)N(Cc1ccccc1)c1ccccc1. The number of carbonyl (C=O) groups is 1. The Hall–Kier alpha value is -4.22. The van der Waals surface area contributed by atoms with Gasteiger partial charge in [0.25, 0.3) is 5.91 Å². The van der Waals surface area contributed by atoms with E-state index in [1.807, 2.05) is 125 Å². The molecule has 0 fully saturated rings. The van der Waals surface area contributed by atoms with Gasteiger partial charge in [0, 0.05) is 23.5 Å². The lowest BCUT2D eigenvalue weighted by molar-refractivity contribution is -0.114. The summed E-state index contributed by atoms with van der Waals surface area (Å²) in [5.41, 5.74) is 4.66. The molecule has 5 aromatic rings. The predicted molar refractivity (Wildman–Crippen MR) is 140 cm³/mol. The quantitative estimate of drug-likeness (QED) is 0.249. The van der Waals surface area contributed by atoms with E-state index in [4.69, 9.17) is 5.10 Å². The van der Waals surface area contributed by atoms with Crippen LogP contribution in [0.25, 0.3) is 22.3 Å². The zero-order valence-corrected chi connectivity index (χ0v) is 19.3. The molecule has 0 aliphatic carbocycles. The minimum absolute atomic E-state index is 0.0837. The van der Waals surface area contributed by atoms with E-state index < -0.39 is 0 Å². The minimum atomic E-state index is -0.0837. The van der Waals surface area contributed by atoms with Gasteiger partial charge in [-0.05, 0) is 47.4 Å². The second-order valence-corrected chi connectivity index (χ2v) is 8.72. The standard InChI is InChI=1S/C29H23N3OS/c33-28(31(25-13-6-2-7-14-25)21-23-11-4-1-5-12-23)19-18-24-22-32(26-15-8-3-9-16-26)30-29(24)27-17-10-20-34-27/h1-20,22H,21H2. The summed E-state index contributed by atoms with van der Waals surface area (Å²) in [6.45, 7) is 0.495. The van der Waals surface area contributed by atoms with E-state index in [1.165, 1.54) is 0 Å². The van der Waals surface area contributed by atoms with Gasteiger partial charge in [-0.1, -0.05) is 72.8 Å². The van der Waals surface area contributed by atoms with Gasteiger partial charge in [0.05, 0.1) is 17.1 Å². The zero-order valence-electron chi connectivity index (χ0n) is 18.5. The van der Waals surface area contributed by atoms with Crippen molar-refractivity contribution in [1.29, 1.82) is 0 Å². The molecule has 0 atom stereocenters. The number of nitrogens with zero attached hydrogens (tertiary/aromatic N) is 3. The summed E-state index contributed by atoms with van der Waals surface area (Å²) in [6.07, 6.45) is 5.47. The number of rotatable bonds is 7. The molecule has 5 rings (SSSR count). The number of anilines is 1. The van der Waals surface area contributed by atoms with E-state index in [0.717, 1.165) is 33.1 Å². The van der Waals surface area contributed by atoms with Crippen LogP contribution >= 0.6 is 11.3 Å².